The molecular formula is C15H30O6. The van der Waals surface area contributed by atoms with Crippen LogP contribution in [0.25, 0.3) is 0 Å². The maximum Gasteiger partial charge on any atom is 0.164 e. The van der Waals surface area contributed by atoms with E-state index in [1.807, 2.05) is 27.7 Å². The highest BCUT2D eigenvalue weighted by Crippen LogP contribution is 2.39. The lowest BCUT2D eigenvalue weighted by molar-refractivity contribution is -0.201. The monoisotopic (exact) mass is 306 g/mol. The molecule has 0 bridgehead atoms. The lowest BCUT2D eigenvalue weighted by Gasteiger charge is -2.37. The molecule has 1 heterocycles. The quantitative estimate of drug-likeness (QED) is 0.544. The molecule has 0 aromatic carbocycles. The van der Waals surface area contributed by atoms with Gasteiger partial charge in [-0.25, -0.2) is 0 Å². The van der Waals surface area contributed by atoms with Crippen LogP contribution in [0.15, 0.2) is 0 Å². The Hall–Kier alpha value is -0.240. The van der Waals surface area contributed by atoms with Crippen molar-refractivity contribution in [2.45, 2.75) is 70.7 Å². The van der Waals surface area contributed by atoms with Gasteiger partial charge in [-0.2, -0.15) is 0 Å². The number of aliphatic hydroxyl groups is 1. The van der Waals surface area contributed by atoms with Crippen molar-refractivity contribution in [3.05, 3.63) is 0 Å². The first-order chi connectivity index (χ1) is 9.49. The highest BCUT2D eigenvalue weighted by molar-refractivity contribution is 4.99. The Labute approximate surface area is 127 Å². The number of hydrogen-bond acceptors (Lipinski definition) is 6. The van der Waals surface area contributed by atoms with Crippen molar-refractivity contribution in [2.75, 3.05) is 27.1 Å². The third kappa shape index (κ3) is 5.47. The molecule has 0 amide bonds. The maximum atomic E-state index is 10.3. The molecule has 0 aromatic rings. The molecule has 1 aliphatic rings. The predicted octanol–water partition coefficient (Wildman–Crippen LogP) is 1.69. The summed E-state index contributed by atoms with van der Waals surface area (Å²) in [6.07, 6.45) is -0.889. The van der Waals surface area contributed by atoms with Gasteiger partial charge in [-0.15, -0.1) is 0 Å². The second kappa shape index (κ2) is 6.89. The van der Waals surface area contributed by atoms with E-state index in [4.69, 9.17) is 23.7 Å². The lowest BCUT2D eigenvalue weighted by Crippen LogP contribution is -2.53. The summed E-state index contributed by atoms with van der Waals surface area (Å²) in [4.78, 5) is 0. The molecule has 2 atom stereocenters. The van der Waals surface area contributed by atoms with Gasteiger partial charge in [-0.05, 0) is 41.5 Å². The fraction of sp³-hybridized carbons (Fsp3) is 1.00. The van der Waals surface area contributed by atoms with Crippen LogP contribution >= 0.6 is 0 Å². The van der Waals surface area contributed by atoms with Gasteiger partial charge in [0.05, 0.1) is 24.4 Å². The fourth-order valence-electron chi connectivity index (χ4n) is 2.26. The van der Waals surface area contributed by atoms with Crippen LogP contribution in [0.4, 0.5) is 0 Å². The Morgan fingerprint density at radius 1 is 1.05 bits per heavy atom. The summed E-state index contributed by atoms with van der Waals surface area (Å²) in [6, 6.07) is 0. The average Bonchev–Trinajstić information content (AvgIpc) is 2.66. The predicted molar refractivity (Wildman–Crippen MR) is 78.0 cm³/mol. The third-order valence-electron chi connectivity index (χ3n) is 3.42. The van der Waals surface area contributed by atoms with Gasteiger partial charge in [-0.1, -0.05) is 0 Å². The second-order valence-electron chi connectivity index (χ2n) is 6.90. The van der Waals surface area contributed by atoms with Crippen molar-refractivity contribution in [2.24, 2.45) is 0 Å². The van der Waals surface area contributed by atoms with Gasteiger partial charge in [0.1, 0.15) is 19.0 Å². The molecule has 1 fully saturated rings. The highest BCUT2D eigenvalue weighted by atomic mass is 16.8. The molecular weight excluding hydrogens is 276 g/mol. The van der Waals surface area contributed by atoms with Crippen LogP contribution in [-0.4, -0.2) is 61.4 Å². The summed E-state index contributed by atoms with van der Waals surface area (Å²) >= 11 is 0. The molecule has 21 heavy (non-hydrogen) atoms. The Kier molecular flexibility index (Phi) is 6.17. The third-order valence-corrected chi connectivity index (χ3v) is 3.42. The van der Waals surface area contributed by atoms with Gasteiger partial charge in [-0.3, -0.25) is 0 Å². The molecule has 1 aliphatic heterocycles. The number of ether oxygens (including phenoxy) is 5. The molecule has 126 valence electrons. The molecule has 1 saturated heterocycles. The van der Waals surface area contributed by atoms with Crippen molar-refractivity contribution in [3.63, 3.8) is 0 Å². The first-order valence-electron chi connectivity index (χ1n) is 7.28. The van der Waals surface area contributed by atoms with Gasteiger partial charge in [0.2, 0.25) is 0 Å². The molecule has 1 N–H and O–H groups in total. The maximum absolute atomic E-state index is 10.3. The van der Waals surface area contributed by atoms with E-state index in [-0.39, 0.29) is 6.79 Å². The van der Waals surface area contributed by atoms with Crippen molar-refractivity contribution in [1.82, 2.24) is 0 Å². The first kappa shape index (κ1) is 18.8. The Bertz CT molecular complexity index is 321. The summed E-state index contributed by atoms with van der Waals surface area (Å²) in [5.74, 6) is -0.757. The van der Waals surface area contributed by atoms with E-state index >= 15 is 0 Å². The van der Waals surface area contributed by atoms with Crippen LogP contribution < -0.4 is 0 Å². The van der Waals surface area contributed by atoms with E-state index in [9.17, 15) is 5.11 Å². The normalized spacial score (nSPS) is 26.3. The SMILES string of the molecule is COCCOCOC(C)(C)[C@@H]1OC(C)(C)O[C@H]1C(C)(C)O. The van der Waals surface area contributed by atoms with E-state index in [1.165, 1.54) is 0 Å². The van der Waals surface area contributed by atoms with E-state index in [0.29, 0.717) is 13.2 Å². The summed E-state index contributed by atoms with van der Waals surface area (Å²) in [6.45, 7) is 12.0. The Balaban J connectivity index is 2.66. The minimum absolute atomic E-state index is 0.134. The van der Waals surface area contributed by atoms with E-state index in [2.05, 4.69) is 0 Å². The van der Waals surface area contributed by atoms with Crippen LogP contribution in [0.3, 0.4) is 0 Å². The lowest BCUT2D eigenvalue weighted by atomic mass is 9.88. The molecule has 0 aliphatic carbocycles. The zero-order valence-corrected chi connectivity index (χ0v) is 14.3. The van der Waals surface area contributed by atoms with Crippen LogP contribution in [0.1, 0.15) is 41.5 Å². The summed E-state index contributed by atoms with van der Waals surface area (Å²) in [5, 5.41) is 10.3. The largest absolute Gasteiger partial charge is 0.388 e. The molecule has 1 rings (SSSR count). The molecule has 0 spiro atoms. The van der Waals surface area contributed by atoms with Gasteiger partial charge in [0.25, 0.3) is 0 Å². The standard InChI is InChI=1S/C15H30O6/c1-13(2,16)11-12(21-15(5,6)20-11)14(3,4)19-10-18-9-8-17-7/h11-12,16H,8-10H2,1-7H3/t11-,12-/m1/s1. The van der Waals surface area contributed by atoms with Crippen molar-refractivity contribution < 1.29 is 28.8 Å². The minimum atomic E-state index is -1.03. The molecule has 0 aromatic heterocycles. The first-order valence-corrected chi connectivity index (χ1v) is 7.28. The smallest absolute Gasteiger partial charge is 0.164 e. The highest BCUT2D eigenvalue weighted by Gasteiger charge is 2.54. The molecule has 6 nitrogen and oxygen atoms in total. The molecule has 0 saturated carbocycles. The van der Waals surface area contributed by atoms with E-state index in [1.54, 1.807) is 21.0 Å². The minimum Gasteiger partial charge on any atom is -0.388 e. The van der Waals surface area contributed by atoms with E-state index < -0.39 is 29.2 Å². The molecule has 0 radical (unpaired) electrons. The van der Waals surface area contributed by atoms with Gasteiger partial charge in [0.15, 0.2) is 5.79 Å². The fourth-order valence-corrected chi connectivity index (χ4v) is 2.26. The Morgan fingerprint density at radius 3 is 2.14 bits per heavy atom. The topological polar surface area (TPSA) is 66.4 Å². The molecule has 0 unspecified atom stereocenters. The van der Waals surface area contributed by atoms with Crippen molar-refractivity contribution >= 4 is 0 Å². The zero-order valence-electron chi connectivity index (χ0n) is 14.3. The zero-order chi connectivity index (χ0) is 16.3. The average molecular weight is 306 g/mol. The van der Waals surface area contributed by atoms with Crippen molar-refractivity contribution in [3.8, 4) is 0 Å². The second-order valence-corrected chi connectivity index (χ2v) is 6.90. The van der Waals surface area contributed by atoms with Crippen LogP contribution in [0, 0.1) is 0 Å². The van der Waals surface area contributed by atoms with E-state index in [0.717, 1.165) is 0 Å². The number of hydrogen-bond donors (Lipinski definition) is 1. The summed E-state index contributed by atoms with van der Waals surface area (Å²) in [7, 11) is 1.62. The van der Waals surface area contributed by atoms with Crippen LogP contribution in [-0.2, 0) is 23.7 Å². The van der Waals surface area contributed by atoms with Crippen molar-refractivity contribution in [1.29, 1.82) is 0 Å². The van der Waals surface area contributed by atoms with Gasteiger partial charge >= 0.3 is 0 Å². The van der Waals surface area contributed by atoms with Gasteiger partial charge < -0.3 is 28.8 Å². The number of methoxy groups -OCH3 is 1. The van der Waals surface area contributed by atoms with Crippen LogP contribution in [0.5, 0.6) is 0 Å². The summed E-state index contributed by atoms with van der Waals surface area (Å²) < 4.78 is 27.8. The molecule has 6 heteroatoms. The Morgan fingerprint density at radius 2 is 1.62 bits per heavy atom. The number of rotatable bonds is 8. The summed E-state index contributed by atoms with van der Waals surface area (Å²) in [5.41, 5.74) is -1.69. The van der Waals surface area contributed by atoms with Crippen LogP contribution in [0.2, 0.25) is 0 Å². The van der Waals surface area contributed by atoms with Gasteiger partial charge in [0, 0.05) is 7.11 Å².